The van der Waals surface area contributed by atoms with Crippen LogP contribution in [0.15, 0.2) is 28.7 Å². The number of fused-ring (bicyclic) bond motifs is 1. The first-order chi connectivity index (χ1) is 8.24. The van der Waals surface area contributed by atoms with Crippen LogP contribution >= 0.6 is 15.9 Å². The molecule has 1 aromatic heterocycles. The summed E-state index contributed by atoms with van der Waals surface area (Å²) in [7, 11) is 0. The summed E-state index contributed by atoms with van der Waals surface area (Å²) in [6.07, 6.45) is 5.08. The molecule has 1 saturated carbocycles. The fraction of sp³-hybridized carbons (Fsp3) is 0.467. The van der Waals surface area contributed by atoms with Gasteiger partial charge in [-0.15, -0.1) is 0 Å². The van der Waals surface area contributed by atoms with Gasteiger partial charge in [0.05, 0.1) is 0 Å². The summed E-state index contributed by atoms with van der Waals surface area (Å²) in [5, 5.41) is 1.25. The van der Waals surface area contributed by atoms with Crippen LogP contribution < -0.4 is 0 Å². The van der Waals surface area contributed by atoms with E-state index < -0.39 is 0 Å². The fourth-order valence-electron chi connectivity index (χ4n) is 2.82. The highest BCUT2D eigenvalue weighted by atomic mass is 79.9. The number of rotatable bonds is 1. The van der Waals surface area contributed by atoms with Gasteiger partial charge in [0.2, 0.25) is 0 Å². The Labute approximate surface area is 110 Å². The summed E-state index contributed by atoms with van der Waals surface area (Å²) in [5.41, 5.74) is 2.30. The largest absolute Gasteiger partial charge is 0.461 e. The Morgan fingerprint density at radius 1 is 1.29 bits per heavy atom. The normalized spacial score (nSPS) is 25.3. The van der Waals surface area contributed by atoms with Crippen LogP contribution in [-0.4, -0.2) is 4.83 Å². The zero-order chi connectivity index (χ0) is 11.8. The van der Waals surface area contributed by atoms with Crippen molar-refractivity contribution in [2.75, 3.05) is 0 Å². The van der Waals surface area contributed by atoms with Gasteiger partial charge in [-0.3, -0.25) is 0 Å². The third kappa shape index (κ3) is 2.15. The standard InChI is InChI=1S/C15H17BrO/c1-10-4-2-6-12-9-14(17-15(10)12)11-5-3-7-13(16)8-11/h2,4,6,9,11,13H,3,5,7-8H2,1H3. The maximum Gasteiger partial charge on any atom is 0.137 e. The van der Waals surface area contributed by atoms with E-state index >= 15 is 0 Å². The Hall–Kier alpha value is -0.760. The van der Waals surface area contributed by atoms with Crippen molar-refractivity contribution in [3.05, 3.63) is 35.6 Å². The molecule has 0 amide bonds. The Morgan fingerprint density at radius 3 is 2.94 bits per heavy atom. The van der Waals surface area contributed by atoms with Crippen molar-refractivity contribution >= 4 is 26.9 Å². The molecule has 17 heavy (non-hydrogen) atoms. The molecule has 2 unspecified atom stereocenters. The number of alkyl halides is 1. The molecule has 0 radical (unpaired) electrons. The number of hydrogen-bond donors (Lipinski definition) is 0. The van der Waals surface area contributed by atoms with E-state index in [1.807, 2.05) is 0 Å². The van der Waals surface area contributed by atoms with Crippen molar-refractivity contribution in [1.82, 2.24) is 0 Å². The smallest absolute Gasteiger partial charge is 0.137 e. The summed E-state index contributed by atoms with van der Waals surface area (Å²) in [6.45, 7) is 2.11. The molecule has 1 aliphatic carbocycles. The predicted molar refractivity (Wildman–Crippen MR) is 74.9 cm³/mol. The highest BCUT2D eigenvalue weighted by Gasteiger charge is 2.24. The van der Waals surface area contributed by atoms with Crippen LogP contribution in [0.2, 0.25) is 0 Å². The van der Waals surface area contributed by atoms with E-state index in [0.29, 0.717) is 10.7 Å². The molecule has 0 saturated heterocycles. The Bertz CT molecular complexity index is 529. The summed E-state index contributed by atoms with van der Waals surface area (Å²) in [4.78, 5) is 0.663. The fourth-order valence-corrected chi connectivity index (χ4v) is 3.59. The van der Waals surface area contributed by atoms with E-state index in [-0.39, 0.29) is 0 Å². The van der Waals surface area contributed by atoms with Gasteiger partial charge in [0.1, 0.15) is 11.3 Å². The third-order valence-electron chi connectivity index (χ3n) is 3.77. The first-order valence-corrected chi connectivity index (χ1v) is 7.29. The topological polar surface area (TPSA) is 13.1 Å². The average Bonchev–Trinajstić information content (AvgIpc) is 2.74. The molecule has 2 aromatic rings. The quantitative estimate of drug-likeness (QED) is 0.662. The van der Waals surface area contributed by atoms with Crippen LogP contribution in [0.4, 0.5) is 0 Å². The predicted octanol–water partition coefficient (Wildman–Crippen LogP) is 5.16. The highest BCUT2D eigenvalue weighted by molar-refractivity contribution is 9.09. The maximum atomic E-state index is 6.07. The van der Waals surface area contributed by atoms with Crippen molar-refractivity contribution < 1.29 is 4.42 Å². The summed E-state index contributed by atoms with van der Waals surface area (Å²) in [6, 6.07) is 8.59. The molecule has 0 N–H and O–H groups in total. The van der Waals surface area contributed by atoms with Gasteiger partial charge in [-0.25, -0.2) is 0 Å². The van der Waals surface area contributed by atoms with Gasteiger partial charge in [-0.05, 0) is 37.8 Å². The summed E-state index contributed by atoms with van der Waals surface area (Å²) in [5.74, 6) is 1.78. The number of halogens is 1. The lowest BCUT2D eigenvalue weighted by atomic mass is 9.87. The molecule has 1 aliphatic rings. The van der Waals surface area contributed by atoms with Crippen molar-refractivity contribution in [2.45, 2.75) is 43.4 Å². The molecule has 0 bridgehead atoms. The molecule has 1 heterocycles. The van der Waals surface area contributed by atoms with Crippen molar-refractivity contribution in [2.24, 2.45) is 0 Å². The number of hydrogen-bond acceptors (Lipinski definition) is 1. The summed E-state index contributed by atoms with van der Waals surface area (Å²) < 4.78 is 6.07. The van der Waals surface area contributed by atoms with Gasteiger partial charge in [-0.1, -0.05) is 40.5 Å². The van der Waals surface area contributed by atoms with Gasteiger partial charge in [0, 0.05) is 16.1 Å². The molecule has 2 atom stereocenters. The molecule has 1 fully saturated rings. The SMILES string of the molecule is Cc1cccc2cc(C3CCCC(Br)C3)oc12. The molecular formula is C15H17BrO. The van der Waals surface area contributed by atoms with E-state index in [9.17, 15) is 0 Å². The van der Waals surface area contributed by atoms with Gasteiger partial charge < -0.3 is 4.42 Å². The number of para-hydroxylation sites is 1. The van der Waals surface area contributed by atoms with E-state index in [2.05, 4.69) is 47.1 Å². The monoisotopic (exact) mass is 292 g/mol. The van der Waals surface area contributed by atoms with Crippen LogP contribution in [0.25, 0.3) is 11.0 Å². The van der Waals surface area contributed by atoms with Crippen LogP contribution in [0.3, 0.4) is 0 Å². The zero-order valence-corrected chi connectivity index (χ0v) is 11.7. The van der Waals surface area contributed by atoms with E-state index in [4.69, 9.17) is 4.42 Å². The Balaban J connectivity index is 1.97. The molecule has 3 rings (SSSR count). The lowest BCUT2D eigenvalue weighted by molar-refractivity contribution is 0.394. The summed E-state index contributed by atoms with van der Waals surface area (Å²) >= 11 is 3.74. The zero-order valence-electron chi connectivity index (χ0n) is 10.1. The molecule has 1 aromatic carbocycles. The molecule has 0 aliphatic heterocycles. The lowest BCUT2D eigenvalue weighted by Crippen LogP contribution is -2.12. The molecular weight excluding hydrogens is 276 g/mol. The van der Waals surface area contributed by atoms with Crippen LogP contribution in [-0.2, 0) is 0 Å². The Morgan fingerprint density at radius 2 is 2.18 bits per heavy atom. The lowest BCUT2D eigenvalue weighted by Gasteiger charge is -2.23. The van der Waals surface area contributed by atoms with Gasteiger partial charge in [0.15, 0.2) is 0 Å². The number of aryl methyl sites for hydroxylation is 1. The van der Waals surface area contributed by atoms with Crippen LogP contribution in [0.5, 0.6) is 0 Å². The van der Waals surface area contributed by atoms with E-state index in [1.165, 1.54) is 42.4 Å². The molecule has 2 heteroatoms. The molecule has 1 nitrogen and oxygen atoms in total. The average molecular weight is 293 g/mol. The minimum Gasteiger partial charge on any atom is -0.461 e. The second-order valence-corrected chi connectivity index (χ2v) is 6.40. The second-order valence-electron chi connectivity index (χ2n) is 5.10. The van der Waals surface area contributed by atoms with Crippen LogP contribution in [0, 0.1) is 6.92 Å². The van der Waals surface area contributed by atoms with Crippen LogP contribution in [0.1, 0.15) is 42.9 Å². The van der Waals surface area contributed by atoms with Crippen molar-refractivity contribution in [1.29, 1.82) is 0 Å². The molecule has 0 spiro atoms. The van der Waals surface area contributed by atoms with Gasteiger partial charge in [-0.2, -0.15) is 0 Å². The highest BCUT2D eigenvalue weighted by Crippen LogP contribution is 2.38. The maximum absolute atomic E-state index is 6.07. The van der Waals surface area contributed by atoms with E-state index in [0.717, 1.165) is 5.58 Å². The minimum atomic E-state index is 0.597. The van der Waals surface area contributed by atoms with Gasteiger partial charge >= 0.3 is 0 Å². The Kier molecular flexibility index (Phi) is 2.99. The second kappa shape index (κ2) is 4.49. The molecule has 90 valence electrons. The third-order valence-corrected chi connectivity index (χ3v) is 4.60. The number of benzene rings is 1. The first-order valence-electron chi connectivity index (χ1n) is 6.37. The van der Waals surface area contributed by atoms with Gasteiger partial charge in [0.25, 0.3) is 0 Å². The van der Waals surface area contributed by atoms with E-state index in [1.54, 1.807) is 0 Å². The minimum absolute atomic E-state index is 0.597. The van der Waals surface area contributed by atoms with Crippen molar-refractivity contribution in [3.63, 3.8) is 0 Å². The first kappa shape index (κ1) is 11.3. The number of furan rings is 1. The van der Waals surface area contributed by atoms with Crippen molar-refractivity contribution in [3.8, 4) is 0 Å².